The van der Waals surface area contributed by atoms with Crippen LogP contribution in [-0.4, -0.2) is 17.3 Å². The third-order valence-corrected chi connectivity index (χ3v) is 1.61. The number of aryl methyl sites for hydroxylation is 1. The van der Waals surface area contributed by atoms with Gasteiger partial charge in [0.25, 0.3) is 0 Å². The van der Waals surface area contributed by atoms with E-state index < -0.39 is 0 Å². The summed E-state index contributed by atoms with van der Waals surface area (Å²) in [6, 6.07) is 5.74. The van der Waals surface area contributed by atoms with Gasteiger partial charge in [-0.25, -0.2) is 0 Å². The normalized spacial score (nSPS) is 10.8. The number of terminal acetylenes is 1. The second kappa shape index (κ2) is 5.03. The lowest BCUT2D eigenvalue weighted by molar-refractivity contribution is 0.180. The molecule has 1 heterocycles. The summed E-state index contributed by atoms with van der Waals surface area (Å²) in [6.45, 7) is 3.94. The summed E-state index contributed by atoms with van der Waals surface area (Å²) in [6.07, 6.45) is 5.02. The van der Waals surface area contributed by atoms with Crippen molar-refractivity contribution in [2.75, 3.05) is 6.61 Å². The van der Waals surface area contributed by atoms with Crippen molar-refractivity contribution >= 4 is 5.71 Å². The molecule has 0 N–H and O–H groups in total. The molecule has 72 valence electrons. The van der Waals surface area contributed by atoms with Crippen LogP contribution in [0.5, 0.6) is 0 Å². The molecule has 0 atom stereocenters. The molecule has 3 nitrogen and oxygen atoms in total. The lowest BCUT2D eigenvalue weighted by Gasteiger charge is -2.00. The molecule has 14 heavy (non-hydrogen) atoms. The van der Waals surface area contributed by atoms with Gasteiger partial charge in [-0.15, -0.1) is 6.42 Å². The minimum absolute atomic E-state index is 0.184. The van der Waals surface area contributed by atoms with Gasteiger partial charge in [0.05, 0.1) is 5.69 Å². The first kappa shape index (κ1) is 10.3. The molecule has 1 aromatic rings. The number of aromatic nitrogens is 1. The third kappa shape index (κ3) is 2.91. The fraction of sp³-hybridized carbons (Fsp3) is 0.273. The Kier molecular flexibility index (Phi) is 3.69. The first-order valence-corrected chi connectivity index (χ1v) is 4.28. The van der Waals surface area contributed by atoms with Gasteiger partial charge in [-0.2, -0.15) is 0 Å². The van der Waals surface area contributed by atoms with Gasteiger partial charge < -0.3 is 4.84 Å². The molecular formula is C11H12N2O. The van der Waals surface area contributed by atoms with E-state index in [-0.39, 0.29) is 6.61 Å². The van der Waals surface area contributed by atoms with Crippen molar-refractivity contribution < 1.29 is 4.84 Å². The highest BCUT2D eigenvalue weighted by Gasteiger charge is 1.98. The van der Waals surface area contributed by atoms with E-state index in [1.807, 2.05) is 32.0 Å². The zero-order chi connectivity index (χ0) is 10.4. The van der Waals surface area contributed by atoms with E-state index in [9.17, 15) is 0 Å². The number of hydrogen-bond donors (Lipinski definition) is 0. The minimum Gasteiger partial charge on any atom is -0.382 e. The maximum Gasteiger partial charge on any atom is 0.177 e. The summed E-state index contributed by atoms with van der Waals surface area (Å²) in [4.78, 5) is 9.14. The van der Waals surface area contributed by atoms with Crippen molar-refractivity contribution in [2.24, 2.45) is 5.16 Å². The van der Waals surface area contributed by atoms with Crippen LogP contribution in [0.25, 0.3) is 0 Å². The molecular weight excluding hydrogens is 176 g/mol. The van der Waals surface area contributed by atoms with Crippen LogP contribution >= 0.6 is 0 Å². The highest BCUT2D eigenvalue weighted by atomic mass is 16.6. The monoisotopic (exact) mass is 188 g/mol. The summed E-state index contributed by atoms with van der Waals surface area (Å²) >= 11 is 0. The van der Waals surface area contributed by atoms with Crippen molar-refractivity contribution in [1.29, 1.82) is 0 Å². The molecule has 0 aliphatic rings. The summed E-state index contributed by atoms with van der Waals surface area (Å²) in [7, 11) is 0. The van der Waals surface area contributed by atoms with Crippen LogP contribution in [-0.2, 0) is 4.84 Å². The Hall–Kier alpha value is -1.82. The number of hydrogen-bond acceptors (Lipinski definition) is 3. The van der Waals surface area contributed by atoms with Gasteiger partial charge in [-0.1, -0.05) is 17.1 Å². The van der Waals surface area contributed by atoms with Crippen molar-refractivity contribution in [3.8, 4) is 12.3 Å². The molecule has 0 radical (unpaired) electrons. The number of rotatable bonds is 3. The third-order valence-electron chi connectivity index (χ3n) is 1.61. The van der Waals surface area contributed by atoms with Crippen molar-refractivity contribution in [2.45, 2.75) is 13.8 Å². The van der Waals surface area contributed by atoms with Crippen LogP contribution in [0.1, 0.15) is 18.3 Å². The lowest BCUT2D eigenvalue weighted by atomic mass is 10.2. The van der Waals surface area contributed by atoms with Gasteiger partial charge in [0, 0.05) is 5.69 Å². The molecule has 0 saturated carbocycles. The maximum atomic E-state index is 5.02. The average molecular weight is 188 g/mol. The topological polar surface area (TPSA) is 34.5 Å². The predicted molar refractivity (Wildman–Crippen MR) is 56.0 cm³/mol. The molecule has 0 aliphatic heterocycles. The number of oxime groups is 1. The molecule has 0 aromatic carbocycles. The first-order valence-electron chi connectivity index (χ1n) is 4.28. The summed E-state index contributed by atoms with van der Waals surface area (Å²) < 4.78 is 0. The fourth-order valence-corrected chi connectivity index (χ4v) is 0.958. The summed E-state index contributed by atoms with van der Waals surface area (Å²) in [5, 5.41) is 3.84. The molecule has 3 heteroatoms. The quantitative estimate of drug-likeness (QED) is 0.313. The van der Waals surface area contributed by atoms with Gasteiger partial charge in [0.1, 0.15) is 5.71 Å². The average Bonchev–Trinajstić information content (AvgIpc) is 2.18. The van der Waals surface area contributed by atoms with E-state index in [1.54, 1.807) is 0 Å². The van der Waals surface area contributed by atoms with Gasteiger partial charge >= 0.3 is 0 Å². The van der Waals surface area contributed by atoms with Gasteiger partial charge in [-0.05, 0) is 26.0 Å². The molecule has 0 bridgehead atoms. The molecule has 0 amide bonds. The minimum atomic E-state index is 0.184. The lowest BCUT2D eigenvalue weighted by Crippen LogP contribution is -2.00. The smallest absolute Gasteiger partial charge is 0.177 e. The van der Waals surface area contributed by atoms with Crippen LogP contribution in [0.15, 0.2) is 23.4 Å². The second-order valence-corrected chi connectivity index (χ2v) is 2.82. The van der Waals surface area contributed by atoms with Crippen LogP contribution in [0.2, 0.25) is 0 Å². The number of pyridine rings is 1. The Morgan fingerprint density at radius 3 is 3.07 bits per heavy atom. The molecule has 0 spiro atoms. The Morgan fingerprint density at radius 1 is 1.64 bits per heavy atom. The predicted octanol–water partition coefficient (Wildman–Crippen LogP) is 1.76. The summed E-state index contributed by atoms with van der Waals surface area (Å²) in [5.74, 6) is 2.34. The van der Waals surface area contributed by atoms with Crippen LogP contribution < -0.4 is 0 Å². The van der Waals surface area contributed by atoms with E-state index in [1.165, 1.54) is 0 Å². The van der Waals surface area contributed by atoms with Crippen molar-refractivity contribution in [1.82, 2.24) is 4.98 Å². The van der Waals surface area contributed by atoms with E-state index in [2.05, 4.69) is 16.1 Å². The zero-order valence-electron chi connectivity index (χ0n) is 8.32. The molecule has 0 fully saturated rings. The molecule has 0 saturated heterocycles. The second-order valence-electron chi connectivity index (χ2n) is 2.82. The summed E-state index contributed by atoms with van der Waals surface area (Å²) in [5.41, 5.74) is 2.49. The van der Waals surface area contributed by atoms with Crippen molar-refractivity contribution in [3.05, 3.63) is 29.6 Å². The highest BCUT2D eigenvalue weighted by Crippen LogP contribution is 2.00. The van der Waals surface area contributed by atoms with Gasteiger partial charge in [0.15, 0.2) is 6.61 Å². The molecule has 0 aliphatic carbocycles. The van der Waals surface area contributed by atoms with Crippen molar-refractivity contribution in [3.63, 3.8) is 0 Å². The zero-order valence-corrected chi connectivity index (χ0v) is 8.32. The SMILES string of the molecule is C#CCO/N=C(/C)c1cccc(C)n1. The van der Waals surface area contributed by atoms with Crippen LogP contribution in [0.3, 0.4) is 0 Å². The highest BCUT2D eigenvalue weighted by molar-refractivity contribution is 5.96. The maximum absolute atomic E-state index is 5.02. The Morgan fingerprint density at radius 2 is 2.43 bits per heavy atom. The van der Waals surface area contributed by atoms with Gasteiger partial charge in [-0.3, -0.25) is 4.98 Å². The fourth-order valence-electron chi connectivity index (χ4n) is 0.958. The largest absolute Gasteiger partial charge is 0.382 e. The Bertz CT molecular complexity index is 377. The number of nitrogens with zero attached hydrogens (tertiary/aromatic N) is 2. The van der Waals surface area contributed by atoms with Gasteiger partial charge in [0.2, 0.25) is 0 Å². The van der Waals surface area contributed by atoms with Crippen LogP contribution in [0, 0.1) is 19.3 Å². The van der Waals surface area contributed by atoms with E-state index >= 15 is 0 Å². The Balaban J connectivity index is 2.74. The Labute approximate surface area is 83.8 Å². The van der Waals surface area contributed by atoms with E-state index in [0.717, 1.165) is 17.1 Å². The molecule has 1 aromatic heterocycles. The first-order chi connectivity index (χ1) is 6.74. The molecule has 0 unspecified atom stereocenters. The van der Waals surface area contributed by atoms with Crippen LogP contribution in [0.4, 0.5) is 0 Å². The molecule has 1 rings (SSSR count). The van der Waals surface area contributed by atoms with E-state index in [0.29, 0.717) is 0 Å². The van der Waals surface area contributed by atoms with E-state index in [4.69, 9.17) is 11.3 Å². The standard InChI is InChI=1S/C11H12N2O/c1-4-8-14-13-10(3)11-7-5-6-9(2)12-11/h1,5-7H,8H2,2-3H3/b13-10-.